The van der Waals surface area contributed by atoms with Crippen molar-refractivity contribution in [2.75, 3.05) is 5.75 Å². The number of thioether (sulfide) groups is 1. The number of rotatable bonds is 6. The van der Waals surface area contributed by atoms with Crippen molar-refractivity contribution in [3.05, 3.63) is 76.4 Å². The maximum atomic E-state index is 13.2. The number of amides is 2. The summed E-state index contributed by atoms with van der Waals surface area (Å²) in [6, 6.07) is 13.0. The maximum Gasteiger partial charge on any atom is 0.255 e. The molecule has 29 heavy (non-hydrogen) atoms. The third-order valence-corrected chi connectivity index (χ3v) is 7.33. The van der Waals surface area contributed by atoms with Crippen LogP contribution in [0.15, 0.2) is 54.9 Å². The first-order valence-electron chi connectivity index (χ1n) is 9.61. The van der Waals surface area contributed by atoms with Gasteiger partial charge in [-0.15, -0.1) is 11.3 Å². The number of hydrogen-bond acceptors (Lipinski definition) is 4. The quantitative estimate of drug-likeness (QED) is 0.632. The summed E-state index contributed by atoms with van der Waals surface area (Å²) in [6.45, 7) is 2.17. The highest BCUT2D eigenvalue weighted by Gasteiger charge is 2.28. The van der Waals surface area contributed by atoms with Crippen LogP contribution in [0.2, 0.25) is 0 Å². The van der Waals surface area contributed by atoms with Gasteiger partial charge in [0.05, 0.1) is 5.56 Å². The Hall–Kier alpha value is -2.51. The zero-order valence-corrected chi connectivity index (χ0v) is 17.8. The fourth-order valence-corrected chi connectivity index (χ4v) is 5.82. The summed E-state index contributed by atoms with van der Waals surface area (Å²) in [4.78, 5) is 26.9. The Bertz CT molecular complexity index is 997. The summed E-state index contributed by atoms with van der Waals surface area (Å²) in [5.74, 6) is 1.58. The predicted molar refractivity (Wildman–Crippen MR) is 119 cm³/mol. The molecule has 2 N–H and O–H groups in total. The van der Waals surface area contributed by atoms with E-state index in [-0.39, 0.29) is 11.8 Å². The number of benzene rings is 1. The van der Waals surface area contributed by atoms with Crippen LogP contribution in [0.4, 0.5) is 0 Å². The van der Waals surface area contributed by atoms with Gasteiger partial charge in [0.2, 0.25) is 5.91 Å². The second-order valence-corrected chi connectivity index (χ2v) is 9.16. The molecule has 1 aromatic carbocycles. The molecule has 2 aromatic heterocycles. The molecular formula is C22H23N3O2S2. The Morgan fingerprint density at radius 2 is 1.90 bits per heavy atom. The molecule has 1 aliphatic rings. The molecule has 150 valence electrons. The molecule has 5 nitrogen and oxygen atoms in total. The molecule has 0 aliphatic carbocycles. The molecule has 0 saturated heterocycles. The van der Waals surface area contributed by atoms with E-state index in [2.05, 4.69) is 10.6 Å². The number of hydrogen-bond donors (Lipinski definition) is 2. The van der Waals surface area contributed by atoms with Gasteiger partial charge in [-0.1, -0.05) is 30.3 Å². The van der Waals surface area contributed by atoms with Crippen molar-refractivity contribution in [1.29, 1.82) is 0 Å². The summed E-state index contributed by atoms with van der Waals surface area (Å²) in [5, 5.41) is 6.73. The first-order valence-corrected chi connectivity index (χ1v) is 11.6. The first-order chi connectivity index (χ1) is 14.1. The van der Waals surface area contributed by atoms with Crippen molar-refractivity contribution in [2.45, 2.75) is 31.7 Å². The number of thiophene rings is 1. The van der Waals surface area contributed by atoms with E-state index in [1.807, 2.05) is 71.2 Å². The van der Waals surface area contributed by atoms with Crippen LogP contribution in [0.25, 0.3) is 5.00 Å². The lowest BCUT2D eigenvalue weighted by atomic mass is 10.1. The lowest BCUT2D eigenvalue weighted by molar-refractivity contribution is -0.122. The normalized spacial score (nSPS) is 14.1. The minimum Gasteiger partial charge on any atom is -0.350 e. The summed E-state index contributed by atoms with van der Waals surface area (Å²) in [5.41, 5.74) is 2.87. The molecule has 3 heterocycles. The first kappa shape index (κ1) is 19.8. The van der Waals surface area contributed by atoms with Gasteiger partial charge in [0.25, 0.3) is 5.91 Å². The molecule has 0 bridgehead atoms. The van der Waals surface area contributed by atoms with Crippen LogP contribution in [0.3, 0.4) is 0 Å². The van der Waals surface area contributed by atoms with Gasteiger partial charge in [0.1, 0.15) is 11.0 Å². The molecule has 1 atom stereocenters. The number of nitrogens with one attached hydrogen (secondary N) is 2. The van der Waals surface area contributed by atoms with Gasteiger partial charge in [-0.2, -0.15) is 11.8 Å². The fraction of sp³-hybridized carbons (Fsp3) is 0.273. The van der Waals surface area contributed by atoms with E-state index >= 15 is 0 Å². The highest BCUT2D eigenvalue weighted by molar-refractivity contribution is 7.98. The zero-order chi connectivity index (χ0) is 20.2. The third kappa shape index (κ3) is 4.41. The maximum absolute atomic E-state index is 13.2. The molecule has 0 saturated carbocycles. The molecule has 0 fully saturated rings. The molecule has 3 aromatic rings. The Morgan fingerprint density at radius 1 is 1.14 bits per heavy atom. The Labute approximate surface area is 178 Å². The van der Waals surface area contributed by atoms with Crippen LogP contribution in [0.1, 0.15) is 33.3 Å². The van der Waals surface area contributed by atoms with Gasteiger partial charge in [-0.05, 0) is 42.4 Å². The average Bonchev–Trinajstić information content (AvgIpc) is 3.40. The summed E-state index contributed by atoms with van der Waals surface area (Å²) in [6.07, 6.45) is 4.80. The van der Waals surface area contributed by atoms with E-state index in [0.717, 1.165) is 34.1 Å². The van der Waals surface area contributed by atoms with Crippen molar-refractivity contribution in [3.8, 4) is 5.00 Å². The molecule has 7 heteroatoms. The van der Waals surface area contributed by atoms with E-state index in [1.54, 1.807) is 18.3 Å². The molecule has 1 aliphatic heterocycles. The highest BCUT2D eigenvalue weighted by atomic mass is 32.2. The molecule has 1 unspecified atom stereocenters. The number of aromatic nitrogens is 1. The lowest BCUT2D eigenvalue weighted by Gasteiger charge is -2.17. The Kier molecular flexibility index (Phi) is 6.06. The Balaban J connectivity index is 1.49. The topological polar surface area (TPSA) is 63.1 Å². The number of carbonyl (C=O) groups is 2. The van der Waals surface area contributed by atoms with E-state index in [1.165, 1.54) is 4.88 Å². The van der Waals surface area contributed by atoms with Crippen molar-refractivity contribution < 1.29 is 9.59 Å². The SMILES string of the molecule is CC(NC(=O)c1c(-n2cccc2)sc2c1CCSC2)C(=O)NCc1ccccc1. The second-order valence-electron chi connectivity index (χ2n) is 6.98. The van der Waals surface area contributed by atoms with Gasteiger partial charge < -0.3 is 15.2 Å². The van der Waals surface area contributed by atoms with E-state index in [9.17, 15) is 9.59 Å². The van der Waals surface area contributed by atoms with Gasteiger partial charge in [-0.3, -0.25) is 9.59 Å². The Morgan fingerprint density at radius 3 is 2.66 bits per heavy atom. The van der Waals surface area contributed by atoms with Crippen LogP contribution in [-0.2, 0) is 23.5 Å². The van der Waals surface area contributed by atoms with Gasteiger partial charge in [-0.25, -0.2) is 0 Å². The van der Waals surface area contributed by atoms with Gasteiger partial charge >= 0.3 is 0 Å². The van der Waals surface area contributed by atoms with Crippen molar-refractivity contribution >= 4 is 34.9 Å². The van der Waals surface area contributed by atoms with Gasteiger partial charge in [0, 0.05) is 29.6 Å². The van der Waals surface area contributed by atoms with Crippen molar-refractivity contribution in [1.82, 2.24) is 15.2 Å². The molecular weight excluding hydrogens is 402 g/mol. The molecule has 0 radical (unpaired) electrons. The highest BCUT2D eigenvalue weighted by Crippen LogP contribution is 2.38. The van der Waals surface area contributed by atoms with Crippen LogP contribution in [-0.4, -0.2) is 28.2 Å². The van der Waals surface area contributed by atoms with Crippen molar-refractivity contribution in [3.63, 3.8) is 0 Å². The minimum atomic E-state index is -0.614. The summed E-state index contributed by atoms with van der Waals surface area (Å²) in [7, 11) is 0. The average molecular weight is 426 g/mol. The molecule has 0 spiro atoms. The summed E-state index contributed by atoms with van der Waals surface area (Å²) >= 11 is 3.57. The van der Waals surface area contributed by atoms with Crippen LogP contribution < -0.4 is 10.6 Å². The van der Waals surface area contributed by atoms with E-state index in [0.29, 0.717) is 12.1 Å². The zero-order valence-electron chi connectivity index (χ0n) is 16.2. The number of nitrogens with zero attached hydrogens (tertiary/aromatic N) is 1. The summed E-state index contributed by atoms with van der Waals surface area (Å²) < 4.78 is 1.99. The number of fused-ring (bicyclic) bond motifs is 1. The second kappa shape index (κ2) is 8.88. The van der Waals surface area contributed by atoms with Crippen LogP contribution in [0.5, 0.6) is 0 Å². The van der Waals surface area contributed by atoms with Crippen LogP contribution in [0, 0.1) is 0 Å². The standard InChI is InChI=1S/C22H23N3O2S2/c1-15(20(26)23-13-16-7-3-2-4-8-16)24-21(27)19-17-9-12-28-14-18(17)29-22(19)25-10-5-6-11-25/h2-8,10-11,15H,9,12-14H2,1H3,(H,23,26)(H,24,27). The predicted octanol–water partition coefficient (Wildman–Crippen LogP) is 3.76. The van der Waals surface area contributed by atoms with E-state index < -0.39 is 6.04 Å². The smallest absolute Gasteiger partial charge is 0.255 e. The van der Waals surface area contributed by atoms with E-state index in [4.69, 9.17) is 0 Å². The monoisotopic (exact) mass is 425 g/mol. The fourth-order valence-electron chi connectivity index (χ4n) is 3.38. The third-order valence-electron chi connectivity index (χ3n) is 4.92. The van der Waals surface area contributed by atoms with Crippen molar-refractivity contribution in [2.24, 2.45) is 0 Å². The molecule has 2 amide bonds. The minimum absolute atomic E-state index is 0.180. The number of carbonyl (C=O) groups excluding carboxylic acids is 2. The largest absolute Gasteiger partial charge is 0.350 e. The molecule has 4 rings (SSSR count). The van der Waals surface area contributed by atoms with Gasteiger partial charge in [0.15, 0.2) is 0 Å². The lowest BCUT2D eigenvalue weighted by Crippen LogP contribution is -2.44. The van der Waals surface area contributed by atoms with Crippen LogP contribution >= 0.6 is 23.1 Å².